The first kappa shape index (κ1) is 20.9. The number of piperidine rings is 1. The molecule has 0 atom stereocenters. The maximum absolute atomic E-state index is 12.7. The van der Waals surface area contributed by atoms with E-state index in [2.05, 4.69) is 5.32 Å². The smallest absolute Gasteiger partial charge is 0.227 e. The molecule has 2 aromatic rings. The molecular formula is C19H20Cl2N2O4S. The fraction of sp³-hybridized carbons (Fsp3) is 0.316. The third kappa shape index (κ3) is 5.38. The van der Waals surface area contributed by atoms with Gasteiger partial charge in [0, 0.05) is 29.1 Å². The van der Waals surface area contributed by atoms with Crippen molar-refractivity contribution in [3.63, 3.8) is 0 Å². The lowest BCUT2D eigenvalue weighted by atomic mass is 9.97. The van der Waals surface area contributed by atoms with Gasteiger partial charge in [-0.25, -0.2) is 12.7 Å². The number of hydrogen-bond donors (Lipinski definition) is 1. The maximum Gasteiger partial charge on any atom is 0.227 e. The molecule has 1 aliphatic heterocycles. The topological polar surface area (TPSA) is 75.7 Å². The second kappa shape index (κ2) is 8.69. The van der Waals surface area contributed by atoms with Gasteiger partial charge in [0.2, 0.25) is 15.9 Å². The van der Waals surface area contributed by atoms with Crippen molar-refractivity contribution < 1.29 is 17.9 Å². The van der Waals surface area contributed by atoms with Crippen molar-refractivity contribution in [1.82, 2.24) is 4.31 Å². The molecule has 0 aliphatic carbocycles. The van der Waals surface area contributed by atoms with Crippen molar-refractivity contribution in [1.29, 1.82) is 0 Å². The minimum Gasteiger partial charge on any atom is -0.455 e. The standard InChI is InChI=1S/C19H20Cl2N2O4S/c1-28(25,26)23-10-8-13(9-11-23)19(24)22-17-12-15(21)4-7-18(17)27-16-5-2-14(20)3-6-16/h2-7,12-13H,8-11H2,1H3,(H,22,24). The van der Waals surface area contributed by atoms with Gasteiger partial charge < -0.3 is 10.1 Å². The SMILES string of the molecule is CS(=O)(=O)N1CCC(C(=O)Nc2cc(Cl)ccc2Oc2ccc(Cl)cc2)CC1. The minimum absolute atomic E-state index is 0.184. The van der Waals surface area contributed by atoms with Crippen LogP contribution in [0, 0.1) is 5.92 Å². The summed E-state index contributed by atoms with van der Waals surface area (Å²) in [5, 5.41) is 3.92. The Kier molecular flexibility index (Phi) is 6.50. The summed E-state index contributed by atoms with van der Waals surface area (Å²) in [4.78, 5) is 12.7. The Morgan fingerprint density at radius 1 is 1.07 bits per heavy atom. The van der Waals surface area contributed by atoms with Crippen LogP contribution < -0.4 is 10.1 Å². The summed E-state index contributed by atoms with van der Waals surface area (Å²) in [5.41, 5.74) is 0.456. The van der Waals surface area contributed by atoms with Crippen molar-refractivity contribution in [2.45, 2.75) is 12.8 Å². The molecule has 3 rings (SSSR count). The normalized spacial score (nSPS) is 16.0. The number of sulfonamides is 1. The summed E-state index contributed by atoms with van der Waals surface area (Å²) >= 11 is 12.0. The van der Waals surface area contributed by atoms with Crippen LogP contribution in [0.3, 0.4) is 0 Å². The van der Waals surface area contributed by atoms with Gasteiger partial charge in [-0.2, -0.15) is 0 Å². The number of nitrogens with zero attached hydrogens (tertiary/aromatic N) is 1. The van der Waals surface area contributed by atoms with Crippen LogP contribution in [0.4, 0.5) is 5.69 Å². The molecule has 28 heavy (non-hydrogen) atoms. The third-order valence-electron chi connectivity index (χ3n) is 4.53. The average molecular weight is 443 g/mol. The van der Waals surface area contributed by atoms with E-state index in [-0.39, 0.29) is 11.8 Å². The molecule has 9 heteroatoms. The number of anilines is 1. The van der Waals surface area contributed by atoms with Crippen molar-refractivity contribution in [3.05, 3.63) is 52.5 Å². The Hall–Kier alpha value is -1.80. The van der Waals surface area contributed by atoms with E-state index in [1.807, 2.05) is 0 Å². The van der Waals surface area contributed by atoms with Gasteiger partial charge in [0.15, 0.2) is 5.75 Å². The zero-order valence-electron chi connectivity index (χ0n) is 15.2. The Labute approximate surface area is 174 Å². The van der Waals surface area contributed by atoms with Gasteiger partial charge in [-0.3, -0.25) is 4.79 Å². The number of carbonyl (C=O) groups excluding carboxylic acids is 1. The highest BCUT2D eigenvalue weighted by molar-refractivity contribution is 7.88. The van der Waals surface area contributed by atoms with Crippen molar-refractivity contribution in [2.75, 3.05) is 24.7 Å². The van der Waals surface area contributed by atoms with Gasteiger partial charge >= 0.3 is 0 Å². The highest BCUT2D eigenvalue weighted by Gasteiger charge is 2.29. The predicted molar refractivity (Wildman–Crippen MR) is 111 cm³/mol. The number of hydrogen-bond acceptors (Lipinski definition) is 4. The summed E-state index contributed by atoms with van der Waals surface area (Å²) in [6.07, 6.45) is 2.11. The lowest BCUT2D eigenvalue weighted by molar-refractivity contribution is -0.120. The molecular weight excluding hydrogens is 423 g/mol. The summed E-state index contributed by atoms with van der Waals surface area (Å²) in [5.74, 6) is 0.564. The van der Waals surface area contributed by atoms with Gasteiger partial charge in [0.1, 0.15) is 5.75 Å². The van der Waals surface area contributed by atoms with Crippen molar-refractivity contribution >= 4 is 44.8 Å². The van der Waals surface area contributed by atoms with Gasteiger partial charge in [-0.05, 0) is 55.3 Å². The Balaban J connectivity index is 1.70. The molecule has 1 amide bonds. The molecule has 1 aliphatic rings. The highest BCUT2D eigenvalue weighted by Crippen LogP contribution is 2.33. The number of benzene rings is 2. The summed E-state index contributed by atoms with van der Waals surface area (Å²) in [6.45, 7) is 0.668. The number of carbonyl (C=O) groups is 1. The highest BCUT2D eigenvalue weighted by atomic mass is 35.5. The first-order valence-electron chi connectivity index (χ1n) is 8.71. The molecule has 2 aromatic carbocycles. The summed E-state index contributed by atoms with van der Waals surface area (Å²) in [6, 6.07) is 11.8. The van der Waals surface area contributed by atoms with Gasteiger partial charge in [0.25, 0.3) is 0 Å². The van der Waals surface area contributed by atoms with Crippen LogP contribution in [0.5, 0.6) is 11.5 Å². The minimum atomic E-state index is -3.23. The molecule has 0 radical (unpaired) electrons. The molecule has 0 spiro atoms. The summed E-state index contributed by atoms with van der Waals surface area (Å²) < 4.78 is 30.5. The molecule has 0 saturated carbocycles. The fourth-order valence-corrected chi connectivity index (χ4v) is 4.18. The number of amides is 1. The lowest BCUT2D eigenvalue weighted by Crippen LogP contribution is -2.40. The molecule has 6 nitrogen and oxygen atoms in total. The molecule has 1 fully saturated rings. The van der Waals surface area contributed by atoms with Crippen LogP contribution >= 0.6 is 23.2 Å². The Morgan fingerprint density at radius 2 is 1.68 bits per heavy atom. The zero-order valence-corrected chi connectivity index (χ0v) is 17.5. The molecule has 150 valence electrons. The van der Waals surface area contributed by atoms with Gasteiger partial charge in [0.05, 0.1) is 11.9 Å². The lowest BCUT2D eigenvalue weighted by Gasteiger charge is -2.29. The second-order valence-corrected chi connectivity index (χ2v) is 9.48. The monoisotopic (exact) mass is 442 g/mol. The first-order chi connectivity index (χ1) is 13.2. The third-order valence-corrected chi connectivity index (χ3v) is 6.32. The van der Waals surface area contributed by atoms with Crippen LogP contribution in [0.25, 0.3) is 0 Å². The predicted octanol–water partition coefficient (Wildman–Crippen LogP) is 4.40. The summed E-state index contributed by atoms with van der Waals surface area (Å²) in [7, 11) is -3.23. The molecule has 1 saturated heterocycles. The number of nitrogens with one attached hydrogen (secondary N) is 1. The van der Waals surface area contributed by atoms with Crippen LogP contribution in [-0.2, 0) is 14.8 Å². The quantitative estimate of drug-likeness (QED) is 0.744. The van der Waals surface area contributed by atoms with E-state index in [1.165, 1.54) is 10.6 Å². The molecule has 0 aromatic heterocycles. The molecule has 1 N–H and O–H groups in total. The number of halogens is 2. The van der Waals surface area contributed by atoms with Crippen LogP contribution in [0.2, 0.25) is 10.0 Å². The number of rotatable bonds is 5. The fourth-order valence-electron chi connectivity index (χ4n) is 3.00. The van der Waals surface area contributed by atoms with Crippen LogP contribution in [-0.4, -0.2) is 38.0 Å². The Morgan fingerprint density at radius 3 is 2.29 bits per heavy atom. The van der Waals surface area contributed by atoms with E-state index in [1.54, 1.807) is 42.5 Å². The first-order valence-corrected chi connectivity index (χ1v) is 11.3. The Bertz CT molecular complexity index is 956. The van der Waals surface area contributed by atoms with E-state index in [4.69, 9.17) is 27.9 Å². The van der Waals surface area contributed by atoms with E-state index in [0.717, 1.165) is 0 Å². The van der Waals surface area contributed by atoms with Crippen LogP contribution in [0.15, 0.2) is 42.5 Å². The maximum atomic E-state index is 12.7. The van der Waals surface area contributed by atoms with Crippen molar-refractivity contribution in [3.8, 4) is 11.5 Å². The molecule has 1 heterocycles. The zero-order chi connectivity index (χ0) is 20.3. The number of ether oxygens (including phenoxy) is 1. The van der Waals surface area contributed by atoms with E-state index in [0.29, 0.717) is 53.2 Å². The molecule has 0 unspecified atom stereocenters. The van der Waals surface area contributed by atoms with E-state index in [9.17, 15) is 13.2 Å². The average Bonchev–Trinajstić information content (AvgIpc) is 2.65. The van der Waals surface area contributed by atoms with Gasteiger partial charge in [-0.1, -0.05) is 23.2 Å². The second-order valence-electron chi connectivity index (χ2n) is 6.62. The van der Waals surface area contributed by atoms with Crippen LogP contribution in [0.1, 0.15) is 12.8 Å². The molecule has 0 bridgehead atoms. The van der Waals surface area contributed by atoms with Gasteiger partial charge in [-0.15, -0.1) is 0 Å². The van der Waals surface area contributed by atoms with Crippen molar-refractivity contribution in [2.24, 2.45) is 5.92 Å². The van der Waals surface area contributed by atoms with E-state index >= 15 is 0 Å². The largest absolute Gasteiger partial charge is 0.455 e. The van der Waals surface area contributed by atoms with E-state index < -0.39 is 10.0 Å².